The predicted molar refractivity (Wildman–Crippen MR) is 109 cm³/mol. The Labute approximate surface area is 179 Å². The number of methoxy groups -OCH3 is 2. The number of amides is 2. The molecule has 0 aromatic heterocycles. The summed E-state index contributed by atoms with van der Waals surface area (Å²) in [5.74, 6) is -1.97. The van der Waals surface area contributed by atoms with Crippen LogP contribution in [0, 0.1) is 0 Å². The summed E-state index contributed by atoms with van der Waals surface area (Å²) in [6.07, 6.45) is -3.44. The van der Waals surface area contributed by atoms with E-state index in [1.54, 1.807) is 0 Å². The Hall–Kier alpha value is -3.60. The third-order valence-electron chi connectivity index (χ3n) is 4.35. The Morgan fingerprint density at radius 1 is 1.10 bits per heavy atom. The van der Waals surface area contributed by atoms with Crippen LogP contribution in [0.2, 0.25) is 0 Å². The molecule has 0 aliphatic carbocycles. The molecule has 0 radical (unpaired) electrons. The summed E-state index contributed by atoms with van der Waals surface area (Å²) in [5, 5.41) is 11.9. The number of aromatic hydroxyl groups is 1. The smallest absolute Gasteiger partial charge is 0.416 e. The highest BCUT2D eigenvalue weighted by Crippen LogP contribution is 2.38. The minimum Gasteiger partial charge on any atom is -0.502 e. The van der Waals surface area contributed by atoms with Gasteiger partial charge in [-0.1, -0.05) is 6.07 Å². The zero-order valence-electron chi connectivity index (χ0n) is 16.1. The van der Waals surface area contributed by atoms with Gasteiger partial charge in [0.1, 0.15) is 5.57 Å². The minimum atomic E-state index is -4.63. The lowest BCUT2D eigenvalue weighted by atomic mass is 10.1. The maximum atomic E-state index is 13.1. The van der Waals surface area contributed by atoms with Crippen LogP contribution in [-0.2, 0) is 15.8 Å². The Morgan fingerprint density at radius 3 is 2.26 bits per heavy atom. The van der Waals surface area contributed by atoms with Crippen LogP contribution in [0.15, 0.2) is 42.0 Å². The van der Waals surface area contributed by atoms with Crippen LogP contribution in [0.3, 0.4) is 0 Å². The van der Waals surface area contributed by atoms with Crippen molar-refractivity contribution in [1.29, 1.82) is 0 Å². The lowest BCUT2D eigenvalue weighted by Crippen LogP contribution is -2.54. The number of nitrogens with zero attached hydrogens (tertiary/aromatic N) is 1. The molecule has 2 aromatic rings. The second kappa shape index (κ2) is 8.26. The van der Waals surface area contributed by atoms with Gasteiger partial charge in [-0.25, -0.2) is 0 Å². The van der Waals surface area contributed by atoms with Gasteiger partial charge < -0.3 is 14.6 Å². The fourth-order valence-corrected chi connectivity index (χ4v) is 3.16. The average molecular weight is 452 g/mol. The number of nitrogens with one attached hydrogen (secondary N) is 1. The number of carbonyl (C=O) groups excluding carboxylic acids is 2. The van der Waals surface area contributed by atoms with Crippen LogP contribution < -0.4 is 19.7 Å². The van der Waals surface area contributed by atoms with Crippen LogP contribution in [-0.4, -0.2) is 36.3 Å². The van der Waals surface area contributed by atoms with Gasteiger partial charge in [0.25, 0.3) is 11.8 Å². The van der Waals surface area contributed by atoms with E-state index < -0.39 is 23.6 Å². The molecule has 1 aliphatic heterocycles. The molecule has 11 heteroatoms. The van der Waals surface area contributed by atoms with E-state index in [1.165, 1.54) is 38.5 Å². The quantitative estimate of drug-likeness (QED) is 0.421. The molecule has 1 fully saturated rings. The number of phenolic OH excluding ortho intramolecular Hbond substituents is 1. The third-order valence-corrected chi connectivity index (χ3v) is 4.63. The zero-order valence-corrected chi connectivity index (χ0v) is 16.9. The van der Waals surface area contributed by atoms with Gasteiger partial charge >= 0.3 is 6.18 Å². The molecule has 0 saturated carbocycles. The zero-order chi connectivity index (χ0) is 22.9. The number of phenols is 1. The summed E-state index contributed by atoms with van der Waals surface area (Å²) in [6.45, 7) is 0. The standard InChI is InChI=1S/C20H15F3N2O5S/c1-29-14-7-10(8-15(30-2)16(14)26)6-13-17(27)24-19(31)25(18(13)28)12-5-3-4-11(9-12)20(21,22)23/h3-9,26H,1-2H3,(H,24,27,31)/b13-6+. The number of ether oxygens (including phenoxy) is 2. The molecule has 2 N–H and O–H groups in total. The van der Waals surface area contributed by atoms with E-state index in [1.807, 2.05) is 0 Å². The largest absolute Gasteiger partial charge is 0.502 e. The van der Waals surface area contributed by atoms with Crippen molar-refractivity contribution in [3.05, 3.63) is 53.1 Å². The second-order valence-electron chi connectivity index (χ2n) is 6.28. The average Bonchev–Trinajstić information content (AvgIpc) is 2.71. The summed E-state index contributed by atoms with van der Waals surface area (Å²) >= 11 is 5.01. The van der Waals surface area contributed by atoms with Crippen molar-refractivity contribution in [3.8, 4) is 17.2 Å². The first-order chi connectivity index (χ1) is 14.6. The number of hydrogen-bond donors (Lipinski definition) is 2. The topological polar surface area (TPSA) is 88.1 Å². The summed E-state index contributed by atoms with van der Waals surface area (Å²) in [4.78, 5) is 26.2. The van der Waals surface area contributed by atoms with E-state index in [0.717, 1.165) is 23.1 Å². The number of benzene rings is 2. The molecule has 0 bridgehead atoms. The third kappa shape index (κ3) is 4.31. The second-order valence-corrected chi connectivity index (χ2v) is 6.67. The van der Waals surface area contributed by atoms with Crippen LogP contribution in [0.25, 0.3) is 6.08 Å². The monoisotopic (exact) mass is 452 g/mol. The first-order valence-corrected chi connectivity index (χ1v) is 9.01. The van der Waals surface area contributed by atoms with Crippen LogP contribution >= 0.6 is 12.2 Å². The highest BCUT2D eigenvalue weighted by Gasteiger charge is 2.36. The van der Waals surface area contributed by atoms with E-state index in [-0.39, 0.29) is 39.2 Å². The normalized spacial score (nSPS) is 15.8. The highest BCUT2D eigenvalue weighted by molar-refractivity contribution is 7.80. The summed E-state index contributed by atoms with van der Waals surface area (Å²) < 4.78 is 49.3. The fourth-order valence-electron chi connectivity index (χ4n) is 2.88. The molecule has 0 atom stereocenters. The number of alkyl halides is 3. The van der Waals surface area contributed by atoms with Crippen LogP contribution in [0.5, 0.6) is 17.2 Å². The molecule has 2 aromatic carbocycles. The van der Waals surface area contributed by atoms with Crippen molar-refractivity contribution >= 4 is 40.9 Å². The van der Waals surface area contributed by atoms with Crippen LogP contribution in [0.1, 0.15) is 11.1 Å². The Bertz CT molecular complexity index is 1090. The van der Waals surface area contributed by atoms with E-state index >= 15 is 0 Å². The van der Waals surface area contributed by atoms with Crippen molar-refractivity contribution in [1.82, 2.24) is 5.32 Å². The molecule has 1 saturated heterocycles. The first kappa shape index (κ1) is 22.1. The van der Waals surface area contributed by atoms with Crippen molar-refractivity contribution in [2.75, 3.05) is 19.1 Å². The molecule has 1 aliphatic rings. The van der Waals surface area contributed by atoms with Gasteiger partial charge in [-0.2, -0.15) is 13.2 Å². The number of carbonyl (C=O) groups is 2. The van der Waals surface area contributed by atoms with E-state index in [2.05, 4.69) is 5.32 Å². The van der Waals surface area contributed by atoms with E-state index in [4.69, 9.17) is 21.7 Å². The number of halogens is 3. The lowest BCUT2D eigenvalue weighted by molar-refractivity contribution is -0.137. The van der Waals surface area contributed by atoms with E-state index in [9.17, 15) is 27.9 Å². The number of anilines is 1. The molecule has 7 nitrogen and oxygen atoms in total. The maximum absolute atomic E-state index is 13.1. The SMILES string of the molecule is COc1cc(/C=C2\C(=O)NC(=S)N(c3cccc(C(F)(F)F)c3)C2=O)cc(OC)c1O. The van der Waals surface area contributed by atoms with Gasteiger partial charge in [0.2, 0.25) is 5.75 Å². The minimum absolute atomic E-state index is 0.0279. The lowest BCUT2D eigenvalue weighted by Gasteiger charge is -2.29. The highest BCUT2D eigenvalue weighted by atomic mass is 32.1. The molecule has 0 unspecified atom stereocenters. The van der Waals surface area contributed by atoms with Gasteiger partial charge in [-0.15, -0.1) is 0 Å². The predicted octanol–water partition coefficient (Wildman–Crippen LogP) is 3.26. The molecule has 0 spiro atoms. The Balaban J connectivity index is 2.07. The molecule has 2 amide bonds. The van der Waals surface area contributed by atoms with Gasteiger partial charge in [0, 0.05) is 0 Å². The van der Waals surface area contributed by atoms with Crippen molar-refractivity contribution in [3.63, 3.8) is 0 Å². The number of rotatable bonds is 4. The van der Waals surface area contributed by atoms with Crippen molar-refractivity contribution < 1.29 is 37.3 Å². The number of hydrogen-bond acceptors (Lipinski definition) is 6. The Kier molecular flexibility index (Phi) is 5.89. The maximum Gasteiger partial charge on any atom is 0.416 e. The van der Waals surface area contributed by atoms with Gasteiger partial charge in [0.15, 0.2) is 16.6 Å². The van der Waals surface area contributed by atoms with Gasteiger partial charge in [-0.05, 0) is 54.2 Å². The first-order valence-electron chi connectivity index (χ1n) is 8.60. The summed E-state index contributed by atoms with van der Waals surface area (Å²) in [5.41, 5.74) is -1.25. The summed E-state index contributed by atoms with van der Waals surface area (Å²) in [6, 6.07) is 6.71. The molecule has 162 valence electrons. The molecular formula is C20H15F3N2O5S. The van der Waals surface area contributed by atoms with Gasteiger partial charge in [0.05, 0.1) is 25.5 Å². The van der Waals surface area contributed by atoms with Crippen molar-refractivity contribution in [2.24, 2.45) is 0 Å². The molecule has 31 heavy (non-hydrogen) atoms. The summed E-state index contributed by atoms with van der Waals surface area (Å²) in [7, 11) is 2.61. The molecule has 3 rings (SSSR count). The van der Waals surface area contributed by atoms with E-state index in [0.29, 0.717) is 0 Å². The van der Waals surface area contributed by atoms with Crippen molar-refractivity contribution in [2.45, 2.75) is 6.18 Å². The van der Waals surface area contributed by atoms with Crippen LogP contribution in [0.4, 0.5) is 18.9 Å². The fraction of sp³-hybridized carbons (Fsp3) is 0.150. The molecular weight excluding hydrogens is 437 g/mol. The molecule has 1 heterocycles. The van der Waals surface area contributed by atoms with Gasteiger partial charge in [-0.3, -0.25) is 19.8 Å². The Morgan fingerprint density at radius 2 is 1.71 bits per heavy atom. The number of thiocarbonyl (C=S) groups is 1.